The van der Waals surface area contributed by atoms with Crippen molar-refractivity contribution in [3.05, 3.63) is 30.3 Å². The molecule has 0 bridgehead atoms. The van der Waals surface area contributed by atoms with E-state index in [1.54, 1.807) is 7.05 Å². The second-order valence-corrected chi connectivity index (χ2v) is 9.07. The molecule has 2 N–H and O–H groups in total. The predicted octanol–water partition coefficient (Wildman–Crippen LogP) is 3.48. The highest BCUT2D eigenvalue weighted by Crippen LogP contribution is 2.17. The van der Waals surface area contributed by atoms with Gasteiger partial charge in [-0.1, -0.05) is 44.9 Å². The van der Waals surface area contributed by atoms with Crippen LogP contribution in [0.25, 0.3) is 0 Å². The molecule has 1 saturated heterocycles. The van der Waals surface area contributed by atoms with Crippen molar-refractivity contribution in [1.29, 1.82) is 0 Å². The van der Waals surface area contributed by atoms with Gasteiger partial charge >= 0.3 is 0 Å². The number of halogens is 1. The average molecular weight is 521 g/mol. The topological polar surface area (TPSA) is 56.7 Å². The fraction of sp³-hybridized carbons (Fsp3) is 0.667. The Morgan fingerprint density at radius 2 is 1.75 bits per heavy atom. The minimum atomic E-state index is -0.981. The summed E-state index contributed by atoms with van der Waals surface area (Å²) in [5.74, 6) is 1.96. The smallest absolute Gasteiger partial charge is 0.191 e. The molecule has 1 aliphatic heterocycles. The lowest BCUT2D eigenvalue weighted by molar-refractivity contribution is 0.161. The van der Waals surface area contributed by atoms with Crippen LogP contribution < -0.4 is 10.6 Å². The Kier molecular flexibility index (Phi) is 13.0. The van der Waals surface area contributed by atoms with Gasteiger partial charge in [-0.2, -0.15) is 0 Å². The Labute approximate surface area is 190 Å². The standard InChI is InChI=1S/C21H36N4OS.HI/c1-18(2)20(25-14-9-4-5-10-15-25)17-24-21(22-3)23-13-16-27(26)19-11-7-6-8-12-19;/h6-8,11-12,18,20H,4-5,9-10,13-17H2,1-3H3,(H2,22,23,24);1H. The third-order valence-electron chi connectivity index (χ3n) is 5.17. The third kappa shape index (κ3) is 8.78. The molecule has 5 nitrogen and oxygen atoms in total. The first-order valence-corrected chi connectivity index (χ1v) is 11.6. The summed E-state index contributed by atoms with van der Waals surface area (Å²) < 4.78 is 12.3. The molecule has 1 aromatic carbocycles. The number of aliphatic imine (C=N–C) groups is 1. The number of benzene rings is 1. The lowest BCUT2D eigenvalue weighted by Gasteiger charge is -2.34. The van der Waals surface area contributed by atoms with Crippen molar-refractivity contribution in [2.45, 2.75) is 50.5 Å². The van der Waals surface area contributed by atoms with E-state index in [9.17, 15) is 4.21 Å². The molecule has 28 heavy (non-hydrogen) atoms. The van der Waals surface area contributed by atoms with Crippen molar-refractivity contribution in [2.75, 3.05) is 39.0 Å². The molecule has 1 fully saturated rings. The summed E-state index contributed by atoms with van der Waals surface area (Å²) >= 11 is 0. The van der Waals surface area contributed by atoms with Gasteiger partial charge < -0.3 is 10.6 Å². The summed E-state index contributed by atoms with van der Waals surface area (Å²) in [6, 6.07) is 10.1. The number of hydrogen-bond donors (Lipinski definition) is 2. The highest BCUT2D eigenvalue weighted by molar-refractivity contribution is 14.0. The van der Waals surface area contributed by atoms with Gasteiger partial charge in [-0.05, 0) is 44.0 Å². The Bertz CT molecular complexity index is 589. The molecule has 0 spiro atoms. The highest BCUT2D eigenvalue weighted by Gasteiger charge is 2.22. The molecule has 1 aliphatic rings. The normalized spacial score (nSPS) is 18.1. The van der Waals surface area contributed by atoms with Crippen LogP contribution in [0, 0.1) is 5.92 Å². The van der Waals surface area contributed by atoms with Crippen molar-refractivity contribution in [2.24, 2.45) is 10.9 Å². The van der Waals surface area contributed by atoms with E-state index < -0.39 is 10.8 Å². The SMILES string of the molecule is CN=C(NCCS(=O)c1ccccc1)NCC(C(C)C)N1CCCCCC1.I. The zero-order chi connectivity index (χ0) is 19.5. The van der Waals surface area contributed by atoms with Crippen LogP contribution >= 0.6 is 24.0 Å². The Balaban J connectivity index is 0.00000392. The fourth-order valence-corrected chi connectivity index (χ4v) is 4.57. The van der Waals surface area contributed by atoms with Gasteiger partial charge in [0, 0.05) is 36.8 Å². The van der Waals surface area contributed by atoms with Gasteiger partial charge in [0.2, 0.25) is 0 Å². The number of nitrogens with one attached hydrogen (secondary N) is 2. The second-order valence-electron chi connectivity index (χ2n) is 7.50. The zero-order valence-corrected chi connectivity index (χ0v) is 20.7. The number of hydrogen-bond acceptors (Lipinski definition) is 3. The molecule has 0 saturated carbocycles. The Morgan fingerprint density at radius 1 is 1.11 bits per heavy atom. The van der Waals surface area contributed by atoms with Gasteiger partial charge in [0.15, 0.2) is 5.96 Å². The molecule has 0 aliphatic carbocycles. The summed E-state index contributed by atoms with van der Waals surface area (Å²) in [6.07, 6.45) is 5.33. The van der Waals surface area contributed by atoms with Crippen molar-refractivity contribution in [3.8, 4) is 0 Å². The zero-order valence-electron chi connectivity index (χ0n) is 17.5. The van der Waals surface area contributed by atoms with Gasteiger partial charge in [0.05, 0.1) is 10.8 Å². The van der Waals surface area contributed by atoms with Gasteiger partial charge in [-0.25, -0.2) is 0 Å². The minimum absolute atomic E-state index is 0. The van der Waals surface area contributed by atoms with Crippen LogP contribution in [0.4, 0.5) is 0 Å². The van der Waals surface area contributed by atoms with Crippen LogP contribution in [0.3, 0.4) is 0 Å². The van der Waals surface area contributed by atoms with Crippen LogP contribution in [0.5, 0.6) is 0 Å². The van der Waals surface area contributed by atoms with Crippen molar-refractivity contribution in [3.63, 3.8) is 0 Å². The molecule has 2 atom stereocenters. The van der Waals surface area contributed by atoms with Crippen LogP contribution in [0.15, 0.2) is 40.2 Å². The number of likely N-dealkylation sites (tertiary alicyclic amines) is 1. The third-order valence-corrected chi connectivity index (χ3v) is 6.54. The van der Waals surface area contributed by atoms with Crippen molar-refractivity contribution >= 4 is 40.7 Å². The average Bonchev–Trinajstić information content (AvgIpc) is 2.96. The van der Waals surface area contributed by atoms with Gasteiger partial charge in [-0.15, -0.1) is 24.0 Å². The summed E-state index contributed by atoms with van der Waals surface area (Å²) in [6.45, 7) is 8.53. The molecule has 7 heteroatoms. The van der Waals surface area contributed by atoms with E-state index in [0.29, 0.717) is 24.3 Å². The molecule has 160 valence electrons. The maximum Gasteiger partial charge on any atom is 0.191 e. The molecule has 0 amide bonds. The molecule has 2 rings (SSSR count). The van der Waals surface area contributed by atoms with Crippen molar-refractivity contribution < 1.29 is 4.21 Å². The number of nitrogens with zero attached hydrogens (tertiary/aromatic N) is 2. The predicted molar refractivity (Wildman–Crippen MR) is 131 cm³/mol. The molecule has 0 radical (unpaired) electrons. The van der Waals surface area contributed by atoms with E-state index in [-0.39, 0.29) is 24.0 Å². The van der Waals surface area contributed by atoms with Crippen LogP contribution in [-0.4, -0.2) is 60.1 Å². The quantitative estimate of drug-likeness (QED) is 0.313. The van der Waals surface area contributed by atoms with E-state index in [0.717, 1.165) is 17.4 Å². The van der Waals surface area contributed by atoms with E-state index in [1.807, 2.05) is 30.3 Å². The summed E-state index contributed by atoms with van der Waals surface area (Å²) in [5.41, 5.74) is 0. The molecular weight excluding hydrogens is 483 g/mol. The summed E-state index contributed by atoms with van der Waals surface area (Å²) in [4.78, 5) is 7.85. The van der Waals surface area contributed by atoms with Crippen LogP contribution in [0.1, 0.15) is 39.5 Å². The Hall–Kier alpha value is -0.670. The lowest BCUT2D eigenvalue weighted by atomic mass is 10.0. The van der Waals surface area contributed by atoms with E-state index >= 15 is 0 Å². The van der Waals surface area contributed by atoms with Crippen molar-refractivity contribution in [1.82, 2.24) is 15.5 Å². The number of guanidine groups is 1. The lowest BCUT2D eigenvalue weighted by Crippen LogP contribution is -2.50. The van der Waals surface area contributed by atoms with Gasteiger partial charge in [0.1, 0.15) is 0 Å². The first-order valence-electron chi connectivity index (χ1n) is 10.2. The van der Waals surface area contributed by atoms with Crippen LogP contribution in [0.2, 0.25) is 0 Å². The molecular formula is C21H37IN4OS. The first-order chi connectivity index (χ1) is 13.1. The van der Waals surface area contributed by atoms with E-state index in [2.05, 4.69) is 34.4 Å². The number of rotatable bonds is 8. The largest absolute Gasteiger partial charge is 0.355 e. The minimum Gasteiger partial charge on any atom is -0.355 e. The monoisotopic (exact) mass is 520 g/mol. The maximum absolute atomic E-state index is 12.3. The molecule has 1 heterocycles. The molecule has 2 unspecified atom stereocenters. The maximum atomic E-state index is 12.3. The van der Waals surface area contributed by atoms with Gasteiger partial charge in [-0.3, -0.25) is 14.1 Å². The molecule has 0 aromatic heterocycles. The highest BCUT2D eigenvalue weighted by atomic mass is 127. The Morgan fingerprint density at radius 3 is 2.32 bits per heavy atom. The van der Waals surface area contributed by atoms with E-state index in [1.165, 1.54) is 38.8 Å². The van der Waals surface area contributed by atoms with Crippen LogP contribution in [-0.2, 0) is 10.8 Å². The fourth-order valence-electron chi connectivity index (χ4n) is 3.59. The second kappa shape index (κ2) is 14.3. The summed E-state index contributed by atoms with van der Waals surface area (Å²) in [7, 11) is 0.810. The molecule has 1 aromatic rings. The van der Waals surface area contributed by atoms with Gasteiger partial charge in [0.25, 0.3) is 0 Å². The van der Waals surface area contributed by atoms with E-state index in [4.69, 9.17) is 0 Å². The first kappa shape index (κ1) is 25.4. The summed E-state index contributed by atoms with van der Waals surface area (Å²) in [5, 5.41) is 6.79.